The number of likely N-dealkylation sites (tertiary alicyclic amines) is 1. The molecule has 4 nitrogen and oxygen atoms in total. The number of aromatic nitrogens is 1. The van der Waals surface area contributed by atoms with Crippen LogP contribution in [0.1, 0.15) is 36.9 Å². The highest BCUT2D eigenvalue weighted by molar-refractivity contribution is 5.84. The van der Waals surface area contributed by atoms with Crippen LogP contribution in [0.4, 0.5) is 0 Å². The number of rotatable bonds is 6. The van der Waals surface area contributed by atoms with E-state index >= 15 is 0 Å². The van der Waals surface area contributed by atoms with Gasteiger partial charge in [-0.3, -0.25) is 9.69 Å². The first kappa shape index (κ1) is 17.8. The van der Waals surface area contributed by atoms with E-state index in [0.29, 0.717) is 12.5 Å². The molecular formula is C23H27N3O. The molecule has 2 unspecified atom stereocenters. The zero-order valence-corrected chi connectivity index (χ0v) is 15.8. The molecule has 1 saturated heterocycles. The molecule has 1 aromatic heterocycles. The third-order valence-electron chi connectivity index (χ3n) is 5.71. The van der Waals surface area contributed by atoms with Crippen molar-refractivity contribution in [2.75, 3.05) is 13.1 Å². The topological polar surface area (TPSA) is 48.1 Å². The summed E-state index contributed by atoms with van der Waals surface area (Å²) in [6, 6.07) is 19.5. The highest BCUT2D eigenvalue weighted by atomic mass is 16.1. The number of nitrogens with one attached hydrogen (secondary N) is 2. The largest absolute Gasteiger partial charge is 0.361 e. The molecule has 0 aliphatic carbocycles. The minimum atomic E-state index is 0.152. The third-order valence-corrected chi connectivity index (χ3v) is 5.71. The maximum Gasteiger partial charge on any atom is 0.220 e. The van der Waals surface area contributed by atoms with Crippen LogP contribution in [0.2, 0.25) is 0 Å². The summed E-state index contributed by atoms with van der Waals surface area (Å²) >= 11 is 0. The normalized spacial score (nSPS) is 18.6. The maximum absolute atomic E-state index is 12.4. The molecule has 4 heteroatoms. The van der Waals surface area contributed by atoms with Crippen molar-refractivity contribution in [2.24, 2.45) is 0 Å². The van der Waals surface area contributed by atoms with Gasteiger partial charge in [0.25, 0.3) is 0 Å². The van der Waals surface area contributed by atoms with Gasteiger partial charge in [-0.15, -0.1) is 0 Å². The number of para-hydroxylation sites is 1. The molecule has 1 aliphatic rings. The van der Waals surface area contributed by atoms with Gasteiger partial charge in [0.15, 0.2) is 0 Å². The second-order valence-corrected chi connectivity index (χ2v) is 7.49. The number of fused-ring (bicyclic) bond motifs is 1. The molecule has 2 atom stereocenters. The number of hydrogen-bond acceptors (Lipinski definition) is 2. The Labute approximate surface area is 160 Å². The molecule has 3 aromatic rings. The van der Waals surface area contributed by atoms with E-state index in [0.717, 1.165) is 31.4 Å². The molecule has 2 N–H and O–H groups in total. The van der Waals surface area contributed by atoms with Gasteiger partial charge in [-0.25, -0.2) is 0 Å². The second kappa shape index (κ2) is 7.97. The number of aromatic amines is 1. The van der Waals surface area contributed by atoms with E-state index in [4.69, 9.17) is 0 Å². The Morgan fingerprint density at radius 2 is 1.96 bits per heavy atom. The van der Waals surface area contributed by atoms with Crippen LogP contribution in [-0.4, -0.2) is 34.9 Å². The van der Waals surface area contributed by atoms with Gasteiger partial charge in [-0.05, 0) is 37.0 Å². The molecule has 0 spiro atoms. The summed E-state index contributed by atoms with van der Waals surface area (Å²) in [6.07, 6.45) is 4.35. The minimum Gasteiger partial charge on any atom is -0.361 e. The quantitative estimate of drug-likeness (QED) is 0.696. The summed E-state index contributed by atoms with van der Waals surface area (Å²) in [5, 5.41) is 4.45. The molecule has 1 aliphatic heterocycles. The summed E-state index contributed by atoms with van der Waals surface area (Å²) in [5.41, 5.74) is 3.68. The number of carbonyl (C=O) groups is 1. The Hall–Kier alpha value is -2.59. The number of hydrogen-bond donors (Lipinski definition) is 2. The van der Waals surface area contributed by atoms with E-state index in [2.05, 4.69) is 64.6 Å². The first-order valence-electron chi connectivity index (χ1n) is 9.84. The van der Waals surface area contributed by atoms with Gasteiger partial charge in [0.1, 0.15) is 0 Å². The third kappa shape index (κ3) is 4.06. The van der Waals surface area contributed by atoms with E-state index in [9.17, 15) is 4.79 Å². The van der Waals surface area contributed by atoms with Gasteiger partial charge >= 0.3 is 0 Å². The Morgan fingerprint density at radius 3 is 2.81 bits per heavy atom. The van der Waals surface area contributed by atoms with Gasteiger partial charge in [0, 0.05) is 48.7 Å². The smallest absolute Gasteiger partial charge is 0.220 e. The van der Waals surface area contributed by atoms with E-state index in [1.807, 2.05) is 18.3 Å². The standard InChI is InChI=1S/C23H27N3O/c1-17(18-7-3-2-4-8-18)26-14-13-20(16-26)25-23(27)12-11-19-15-24-22-10-6-5-9-21(19)22/h2-10,15,17,20,24H,11-14,16H2,1H3,(H,25,27). The number of H-pyrrole nitrogens is 1. The molecule has 1 fully saturated rings. The molecule has 2 aromatic carbocycles. The number of carbonyl (C=O) groups excluding carboxylic acids is 1. The number of aryl methyl sites for hydroxylation is 1. The van der Waals surface area contributed by atoms with Crippen molar-refractivity contribution in [3.63, 3.8) is 0 Å². The lowest BCUT2D eigenvalue weighted by molar-refractivity contribution is -0.121. The van der Waals surface area contributed by atoms with Gasteiger partial charge < -0.3 is 10.3 Å². The first-order valence-corrected chi connectivity index (χ1v) is 9.84. The predicted molar refractivity (Wildman–Crippen MR) is 110 cm³/mol. The minimum absolute atomic E-state index is 0.152. The number of amides is 1. The summed E-state index contributed by atoms with van der Waals surface area (Å²) in [7, 11) is 0. The van der Waals surface area contributed by atoms with Crippen molar-refractivity contribution >= 4 is 16.8 Å². The number of benzene rings is 2. The lowest BCUT2D eigenvalue weighted by atomic mass is 10.1. The van der Waals surface area contributed by atoms with Crippen molar-refractivity contribution in [1.29, 1.82) is 0 Å². The molecule has 0 saturated carbocycles. The van der Waals surface area contributed by atoms with E-state index in [1.54, 1.807) is 0 Å². The Morgan fingerprint density at radius 1 is 1.19 bits per heavy atom. The van der Waals surface area contributed by atoms with Crippen molar-refractivity contribution in [2.45, 2.75) is 38.3 Å². The summed E-state index contributed by atoms with van der Waals surface area (Å²) in [6.45, 7) is 4.20. The van der Waals surface area contributed by atoms with Gasteiger partial charge in [-0.1, -0.05) is 48.5 Å². The van der Waals surface area contributed by atoms with Gasteiger partial charge in [0.2, 0.25) is 5.91 Å². The number of nitrogens with zero attached hydrogens (tertiary/aromatic N) is 1. The summed E-state index contributed by atoms with van der Waals surface area (Å²) in [5.74, 6) is 0.152. The Kier molecular flexibility index (Phi) is 5.26. The monoisotopic (exact) mass is 361 g/mol. The molecule has 0 radical (unpaired) electrons. The van der Waals surface area contributed by atoms with Crippen molar-refractivity contribution in [3.05, 3.63) is 71.9 Å². The Balaban J connectivity index is 1.28. The fourth-order valence-corrected chi connectivity index (χ4v) is 4.09. The fourth-order valence-electron chi connectivity index (χ4n) is 4.09. The van der Waals surface area contributed by atoms with Crippen LogP contribution in [0.25, 0.3) is 10.9 Å². The van der Waals surface area contributed by atoms with Crippen LogP contribution in [0.3, 0.4) is 0 Å². The lowest BCUT2D eigenvalue weighted by Gasteiger charge is -2.24. The average molecular weight is 361 g/mol. The SMILES string of the molecule is CC(c1ccccc1)N1CCC(NC(=O)CCc2c[nH]c3ccccc23)C1. The molecule has 0 bridgehead atoms. The van der Waals surface area contributed by atoms with Crippen LogP contribution in [0.15, 0.2) is 60.8 Å². The molecule has 4 rings (SSSR count). The molecule has 140 valence electrons. The molecule has 1 amide bonds. The van der Waals surface area contributed by atoms with Crippen molar-refractivity contribution in [3.8, 4) is 0 Å². The van der Waals surface area contributed by atoms with Crippen LogP contribution in [0.5, 0.6) is 0 Å². The van der Waals surface area contributed by atoms with Crippen LogP contribution in [0, 0.1) is 0 Å². The van der Waals surface area contributed by atoms with E-state index < -0.39 is 0 Å². The van der Waals surface area contributed by atoms with Crippen LogP contribution >= 0.6 is 0 Å². The molecular weight excluding hydrogens is 334 g/mol. The first-order chi connectivity index (χ1) is 13.2. The second-order valence-electron chi connectivity index (χ2n) is 7.49. The van der Waals surface area contributed by atoms with E-state index in [-0.39, 0.29) is 11.9 Å². The lowest BCUT2D eigenvalue weighted by Crippen LogP contribution is -2.37. The van der Waals surface area contributed by atoms with Crippen LogP contribution < -0.4 is 5.32 Å². The van der Waals surface area contributed by atoms with E-state index in [1.165, 1.54) is 16.5 Å². The zero-order chi connectivity index (χ0) is 18.6. The average Bonchev–Trinajstić information content (AvgIpc) is 3.33. The van der Waals surface area contributed by atoms with Crippen molar-refractivity contribution in [1.82, 2.24) is 15.2 Å². The van der Waals surface area contributed by atoms with Crippen LogP contribution in [-0.2, 0) is 11.2 Å². The predicted octanol–water partition coefficient (Wildman–Crippen LogP) is 4.05. The van der Waals surface area contributed by atoms with Crippen molar-refractivity contribution < 1.29 is 4.79 Å². The molecule has 2 heterocycles. The highest BCUT2D eigenvalue weighted by Crippen LogP contribution is 2.24. The fraction of sp³-hybridized carbons (Fsp3) is 0.348. The summed E-state index contributed by atoms with van der Waals surface area (Å²) in [4.78, 5) is 18.2. The Bertz CT molecular complexity index is 902. The maximum atomic E-state index is 12.4. The highest BCUT2D eigenvalue weighted by Gasteiger charge is 2.27. The zero-order valence-electron chi connectivity index (χ0n) is 15.8. The van der Waals surface area contributed by atoms with Gasteiger partial charge in [0.05, 0.1) is 0 Å². The van der Waals surface area contributed by atoms with Gasteiger partial charge in [-0.2, -0.15) is 0 Å². The summed E-state index contributed by atoms with van der Waals surface area (Å²) < 4.78 is 0. The molecule has 27 heavy (non-hydrogen) atoms.